The van der Waals surface area contributed by atoms with Crippen LogP contribution in [0.15, 0.2) is 18.2 Å². The first-order valence-electron chi connectivity index (χ1n) is 13.0. The third-order valence-electron chi connectivity index (χ3n) is 7.44. The van der Waals surface area contributed by atoms with Crippen molar-refractivity contribution < 1.29 is 31.8 Å². The number of nitrogens with zero attached hydrogens (tertiary/aromatic N) is 2. The van der Waals surface area contributed by atoms with Crippen molar-refractivity contribution in [3.8, 4) is 0 Å². The van der Waals surface area contributed by atoms with Crippen molar-refractivity contribution in [2.45, 2.75) is 76.4 Å². The number of amides is 1. The molecule has 0 radical (unpaired) electrons. The van der Waals surface area contributed by atoms with E-state index >= 15 is 0 Å². The fraction of sp³-hybridized carbons (Fsp3) is 0.593. The van der Waals surface area contributed by atoms with Crippen LogP contribution >= 0.6 is 0 Å². The third kappa shape index (κ3) is 5.78. The largest absolute Gasteiger partial charge is 0.416 e. The molecule has 1 aromatic carbocycles. The van der Waals surface area contributed by atoms with Crippen molar-refractivity contribution in [3.63, 3.8) is 0 Å². The van der Waals surface area contributed by atoms with Gasteiger partial charge in [0.25, 0.3) is 0 Å². The number of aromatic nitrogens is 2. The normalized spacial score (nSPS) is 20.2. The minimum absolute atomic E-state index is 0.125. The minimum atomic E-state index is -4.46. The number of nitrogens with one attached hydrogen (secondary N) is 2. The van der Waals surface area contributed by atoms with E-state index in [1.54, 1.807) is 13.0 Å². The summed E-state index contributed by atoms with van der Waals surface area (Å²) < 4.78 is 66.2. The summed E-state index contributed by atoms with van der Waals surface area (Å²) in [5.74, 6) is 0.512. The molecule has 2 aromatic rings. The van der Waals surface area contributed by atoms with Gasteiger partial charge in [-0.25, -0.2) is 14.4 Å². The van der Waals surface area contributed by atoms with E-state index in [0.29, 0.717) is 60.9 Å². The smallest absolute Gasteiger partial charge is 0.362 e. The molecule has 1 aliphatic heterocycles. The Balaban J connectivity index is 1.52. The predicted octanol–water partition coefficient (Wildman–Crippen LogP) is 5.27. The molecule has 206 valence electrons. The first-order valence-corrected chi connectivity index (χ1v) is 13.0. The molecule has 2 saturated carbocycles. The zero-order valence-corrected chi connectivity index (χ0v) is 21.5. The topological polar surface area (TPSA) is 85.4 Å². The minimum Gasteiger partial charge on any atom is -0.362 e. The zero-order valence-electron chi connectivity index (χ0n) is 21.5. The molecule has 0 bridgehead atoms. The maximum absolute atomic E-state index is 13.7. The molecule has 5 rings (SSSR count). The Bertz CT molecular complexity index is 1190. The Labute approximate surface area is 218 Å². The van der Waals surface area contributed by atoms with Gasteiger partial charge in [0.05, 0.1) is 48.0 Å². The molecule has 1 aromatic heterocycles. The highest BCUT2D eigenvalue weighted by atomic mass is 19.4. The van der Waals surface area contributed by atoms with Crippen LogP contribution in [0.4, 0.5) is 23.4 Å². The number of benzene rings is 1. The van der Waals surface area contributed by atoms with Crippen molar-refractivity contribution in [2.75, 3.05) is 25.2 Å². The second-order valence-corrected chi connectivity index (χ2v) is 10.5. The number of carbonyl (C=O) groups is 1. The summed E-state index contributed by atoms with van der Waals surface area (Å²) in [5, 5.41) is 6.17. The van der Waals surface area contributed by atoms with E-state index < -0.39 is 36.3 Å². The quantitative estimate of drug-likeness (QED) is 0.425. The molecule has 7 nitrogen and oxygen atoms in total. The summed E-state index contributed by atoms with van der Waals surface area (Å²) in [6, 6.07) is 3.79. The van der Waals surface area contributed by atoms with Gasteiger partial charge in [0, 0.05) is 0 Å². The number of hydrogen-bond acceptors (Lipinski definition) is 6. The van der Waals surface area contributed by atoms with E-state index in [-0.39, 0.29) is 23.8 Å². The van der Waals surface area contributed by atoms with Gasteiger partial charge in [-0.3, -0.25) is 4.79 Å². The van der Waals surface area contributed by atoms with E-state index in [4.69, 9.17) is 9.47 Å². The Morgan fingerprint density at radius 2 is 1.87 bits per heavy atom. The third-order valence-corrected chi connectivity index (χ3v) is 7.44. The fourth-order valence-electron chi connectivity index (χ4n) is 5.05. The highest BCUT2D eigenvalue weighted by molar-refractivity contribution is 5.80. The highest BCUT2D eigenvalue weighted by Crippen LogP contribution is 2.46. The molecule has 1 atom stereocenters. The Kier molecular flexibility index (Phi) is 7.34. The van der Waals surface area contributed by atoms with Crippen LogP contribution in [0.3, 0.4) is 0 Å². The molecular weight excluding hydrogens is 504 g/mol. The second-order valence-electron chi connectivity index (χ2n) is 10.5. The van der Waals surface area contributed by atoms with Gasteiger partial charge in [-0.05, 0) is 69.1 Å². The van der Waals surface area contributed by atoms with Gasteiger partial charge < -0.3 is 20.1 Å². The molecule has 2 heterocycles. The lowest BCUT2D eigenvalue weighted by Crippen LogP contribution is -2.39. The highest BCUT2D eigenvalue weighted by Gasteiger charge is 2.44. The molecular formula is C27H32F4N4O3. The molecule has 3 fully saturated rings. The van der Waals surface area contributed by atoms with Gasteiger partial charge in [-0.15, -0.1) is 0 Å². The molecule has 0 spiro atoms. The van der Waals surface area contributed by atoms with Crippen LogP contribution < -0.4 is 10.6 Å². The first-order chi connectivity index (χ1) is 18.1. The van der Waals surface area contributed by atoms with Gasteiger partial charge in [0.15, 0.2) is 6.29 Å². The molecule has 3 aliphatic rings. The number of alkyl halides is 4. The summed E-state index contributed by atoms with van der Waals surface area (Å²) in [6.45, 7) is 3.42. The average molecular weight is 537 g/mol. The molecule has 1 saturated heterocycles. The summed E-state index contributed by atoms with van der Waals surface area (Å²) in [7, 11) is 0. The standard InChI is InChI=1S/C27H32F4N4O3/c1-15-18(5-3-6-19(15)27(29,30)31)23(17-7-8-17)34-24-22(25-37-11-4-12-38-25)20(32-16(2)33-24)13-21(36)35-26(14-28)9-10-26/h3,5-6,17,23,25H,4,7-14H2,1-2H3,(H,35,36)(H,32,33,34)/t23-/m1/s1. The molecule has 1 amide bonds. The van der Waals surface area contributed by atoms with E-state index in [9.17, 15) is 22.4 Å². The Morgan fingerprint density at radius 1 is 1.16 bits per heavy atom. The number of halogens is 4. The monoisotopic (exact) mass is 536 g/mol. The molecule has 38 heavy (non-hydrogen) atoms. The summed E-state index contributed by atoms with van der Waals surface area (Å²) >= 11 is 0. The maximum atomic E-state index is 13.7. The number of ether oxygens (including phenoxy) is 2. The van der Waals surface area contributed by atoms with E-state index in [0.717, 1.165) is 18.9 Å². The summed E-state index contributed by atoms with van der Waals surface area (Å²) in [5.41, 5.74) is 0.0892. The molecule has 2 N–H and O–H groups in total. The van der Waals surface area contributed by atoms with Crippen molar-refractivity contribution in [2.24, 2.45) is 5.92 Å². The van der Waals surface area contributed by atoms with Gasteiger partial charge in [-0.2, -0.15) is 13.2 Å². The maximum Gasteiger partial charge on any atom is 0.416 e. The molecule has 11 heteroatoms. The first kappa shape index (κ1) is 26.8. The summed E-state index contributed by atoms with van der Waals surface area (Å²) in [6.07, 6.45) is -1.82. The van der Waals surface area contributed by atoms with Gasteiger partial charge in [-0.1, -0.05) is 12.1 Å². The fourth-order valence-corrected chi connectivity index (χ4v) is 5.05. The van der Waals surface area contributed by atoms with Gasteiger partial charge >= 0.3 is 6.18 Å². The van der Waals surface area contributed by atoms with E-state index in [1.165, 1.54) is 13.0 Å². The van der Waals surface area contributed by atoms with Crippen LogP contribution in [0.1, 0.15) is 78.2 Å². The van der Waals surface area contributed by atoms with E-state index in [1.807, 2.05) is 0 Å². The number of anilines is 1. The number of rotatable bonds is 9. The molecule has 0 unspecified atom stereocenters. The van der Waals surface area contributed by atoms with Crippen molar-refractivity contribution in [1.29, 1.82) is 0 Å². The van der Waals surface area contributed by atoms with Crippen LogP contribution in [0.25, 0.3) is 0 Å². The van der Waals surface area contributed by atoms with Crippen LogP contribution in [0.2, 0.25) is 0 Å². The van der Waals surface area contributed by atoms with Crippen molar-refractivity contribution in [3.05, 3.63) is 52.0 Å². The van der Waals surface area contributed by atoms with Crippen LogP contribution in [0, 0.1) is 19.8 Å². The van der Waals surface area contributed by atoms with Crippen LogP contribution in [0.5, 0.6) is 0 Å². The Hall–Kier alpha value is -2.79. The summed E-state index contributed by atoms with van der Waals surface area (Å²) in [4.78, 5) is 22.0. The number of hydrogen-bond donors (Lipinski definition) is 2. The number of carbonyl (C=O) groups excluding carboxylic acids is 1. The SMILES string of the molecule is Cc1nc(CC(=O)NC2(CF)CC2)c(C2OCCCO2)c(N[C@@H](c2cccc(C(F)(F)F)c2C)C2CC2)n1. The van der Waals surface area contributed by atoms with Gasteiger partial charge in [0.1, 0.15) is 18.3 Å². The lowest BCUT2D eigenvalue weighted by Gasteiger charge is -2.29. The van der Waals surface area contributed by atoms with Crippen LogP contribution in [-0.2, 0) is 26.9 Å². The Morgan fingerprint density at radius 3 is 2.47 bits per heavy atom. The predicted molar refractivity (Wildman–Crippen MR) is 131 cm³/mol. The second kappa shape index (κ2) is 10.4. The zero-order chi connectivity index (χ0) is 27.1. The van der Waals surface area contributed by atoms with E-state index in [2.05, 4.69) is 20.6 Å². The lowest BCUT2D eigenvalue weighted by atomic mass is 9.93. The average Bonchev–Trinajstić information content (AvgIpc) is 3.79. The van der Waals surface area contributed by atoms with Crippen molar-refractivity contribution >= 4 is 11.7 Å². The van der Waals surface area contributed by atoms with Crippen LogP contribution in [-0.4, -0.2) is 41.3 Å². The van der Waals surface area contributed by atoms with Gasteiger partial charge in [0.2, 0.25) is 5.91 Å². The molecule has 2 aliphatic carbocycles. The number of aryl methyl sites for hydroxylation is 1. The lowest BCUT2D eigenvalue weighted by molar-refractivity contribution is -0.183. The van der Waals surface area contributed by atoms with Crippen molar-refractivity contribution in [1.82, 2.24) is 15.3 Å².